The molecule has 0 radical (unpaired) electrons. The minimum atomic E-state index is -0.0568. The van der Waals surface area contributed by atoms with Crippen LogP contribution in [0.25, 0.3) is 0 Å². The fourth-order valence-electron chi connectivity index (χ4n) is 1.76. The average molecular weight is 157 g/mol. The summed E-state index contributed by atoms with van der Waals surface area (Å²) in [4.78, 5) is 0. The number of rotatable bonds is 2. The zero-order valence-corrected chi connectivity index (χ0v) is 7.51. The minimum Gasteiger partial charge on any atom is -0.393 e. The molecule has 0 aliphatic carbocycles. The van der Waals surface area contributed by atoms with Gasteiger partial charge in [-0.25, -0.2) is 0 Å². The molecule has 0 aromatic carbocycles. The predicted molar refractivity (Wildman–Crippen MR) is 46.4 cm³/mol. The molecule has 2 N–H and O–H groups in total. The quantitative estimate of drug-likeness (QED) is 0.627. The third-order valence-corrected chi connectivity index (χ3v) is 2.34. The van der Waals surface area contributed by atoms with Crippen LogP contribution in [-0.2, 0) is 0 Å². The van der Waals surface area contributed by atoms with Crippen molar-refractivity contribution >= 4 is 0 Å². The maximum atomic E-state index is 9.58. The second-order valence-corrected chi connectivity index (χ2v) is 3.95. The Morgan fingerprint density at radius 1 is 1.55 bits per heavy atom. The van der Waals surface area contributed by atoms with Crippen molar-refractivity contribution in [1.82, 2.24) is 5.32 Å². The Labute approximate surface area is 69.0 Å². The molecule has 1 rings (SSSR count). The average Bonchev–Trinajstić information content (AvgIpc) is 1.93. The van der Waals surface area contributed by atoms with Crippen molar-refractivity contribution in [2.75, 3.05) is 13.1 Å². The summed E-state index contributed by atoms with van der Waals surface area (Å²) < 4.78 is 0. The van der Waals surface area contributed by atoms with Gasteiger partial charge in [-0.15, -0.1) is 0 Å². The first-order valence-corrected chi connectivity index (χ1v) is 4.59. The van der Waals surface area contributed by atoms with Gasteiger partial charge in [-0.3, -0.25) is 0 Å². The lowest BCUT2D eigenvalue weighted by Crippen LogP contribution is -2.40. The summed E-state index contributed by atoms with van der Waals surface area (Å²) in [6, 6.07) is 0. The highest BCUT2D eigenvalue weighted by Gasteiger charge is 2.22. The molecule has 2 heteroatoms. The topological polar surface area (TPSA) is 32.3 Å². The molecule has 1 saturated heterocycles. The molecule has 0 saturated carbocycles. The van der Waals surface area contributed by atoms with Gasteiger partial charge in [-0.05, 0) is 31.2 Å². The van der Waals surface area contributed by atoms with Gasteiger partial charge in [0.2, 0.25) is 0 Å². The SMILES string of the molecule is CC(C)CC1CNCCC1O. The number of nitrogens with one attached hydrogen (secondary N) is 1. The third kappa shape index (κ3) is 2.80. The van der Waals surface area contributed by atoms with E-state index in [9.17, 15) is 5.11 Å². The Morgan fingerprint density at radius 2 is 2.27 bits per heavy atom. The van der Waals surface area contributed by atoms with E-state index in [2.05, 4.69) is 19.2 Å². The highest BCUT2D eigenvalue weighted by atomic mass is 16.3. The van der Waals surface area contributed by atoms with Crippen molar-refractivity contribution in [3.8, 4) is 0 Å². The molecular weight excluding hydrogens is 138 g/mol. The van der Waals surface area contributed by atoms with Gasteiger partial charge in [0.1, 0.15) is 0 Å². The summed E-state index contributed by atoms with van der Waals surface area (Å²) in [7, 11) is 0. The van der Waals surface area contributed by atoms with E-state index in [0.717, 1.165) is 25.9 Å². The molecule has 1 fully saturated rings. The van der Waals surface area contributed by atoms with Crippen LogP contribution in [0.3, 0.4) is 0 Å². The van der Waals surface area contributed by atoms with Crippen LogP contribution in [-0.4, -0.2) is 24.3 Å². The van der Waals surface area contributed by atoms with Gasteiger partial charge in [-0.1, -0.05) is 13.8 Å². The molecule has 2 unspecified atom stereocenters. The zero-order chi connectivity index (χ0) is 8.27. The molecular formula is C9H19NO. The fourth-order valence-corrected chi connectivity index (χ4v) is 1.76. The molecule has 0 aromatic heterocycles. The molecule has 11 heavy (non-hydrogen) atoms. The van der Waals surface area contributed by atoms with Crippen LogP contribution in [0.4, 0.5) is 0 Å². The van der Waals surface area contributed by atoms with Crippen molar-refractivity contribution in [3.63, 3.8) is 0 Å². The summed E-state index contributed by atoms with van der Waals surface area (Å²) in [5.41, 5.74) is 0. The van der Waals surface area contributed by atoms with Crippen LogP contribution in [0.15, 0.2) is 0 Å². The molecule has 1 aliphatic heterocycles. The molecule has 1 heterocycles. The van der Waals surface area contributed by atoms with Crippen molar-refractivity contribution in [3.05, 3.63) is 0 Å². The number of aliphatic hydroxyl groups excluding tert-OH is 1. The van der Waals surface area contributed by atoms with Crippen LogP contribution in [0.2, 0.25) is 0 Å². The van der Waals surface area contributed by atoms with E-state index in [1.807, 2.05) is 0 Å². The van der Waals surface area contributed by atoms with Gasteiger partial charge in [-0.2, -0.15) is 0 Å². The second-order valence-electron chi connectivity index (χ2n) is 3.95. The van der Waals surface area contributed by atoms with Crippen molar-refractivity contribution < 1.29 is 5.11 Å². The smallest absolute Gasteiger partial charge is 0.0592 e. The highest BCUT2D eigenvalue weighted by Crippen LogP contribution is 2.19. The zero-order valence-electron chi connectivity index (χ0n) is 7.51. The van der Waals surface area contributed by atoms with Gasteiger partial charge in [0.05, 0.1) is 6.10 Å². The number of piperidine rings is 1. The largest absolute Gasteiger partial charge is 0.393 e. The molecule has 1 aliphatic rings. The van der Waals surface area contributed by atoms with Gasteiger partial charge >= 0.3 is 0 Å². The van der Waals surface area contributed by atoms with Gasteiger partial charge in [0, 0.05) is 6.54 Å². The van der Waals surface area contributed by atoms with Crippen LogP contribution in [0, 0.1) is 11.8 Å². The highest BCUT2D eigenvalue weighted by molar-refractivity contribution is 4.77. The minimum absolute atomic E-state index is 0.0568. The summed E-state index contributed by atoms with van der Waals surface area (Å²) >= 11 is 0. The van der Waals surface area contributed by atoms with Gasteiger partial charge in [0.15, 0.2) is 0 Å². The Bertz CT molecular complexity index is 114. The summed E-state index contributed by atoms with van der Waals surface area (Å²) in [6.45, 7) is 6.40. The summed E-state index contributed by atoms with van der Waals surface area (Å²) in [6.07, 6.45) is 2.02. The van der Waals surface area contributed by atoms with E-state index in [1.165, 1.54) is 0 Å². The van der Waals surface area contributed by atoms with E-state index in [0.29, 0.717) is 11.8 Å². The van der Waals surface area contributed by atoms with E-state index >= 15 is 0 Å². The van der Waals surface area contributed by atoms with Crippen molar-refractivity contribution in [2.24, 2.45) is 11.8 Å². The molecule has 66 valence electrons. The van der Waals surface area contributed by atoms with Crippen LogP contribution >= 0.6 is 0 Å². The lowest BCUT2D eigenvalue weighted by molar-refractivity contribution is 0.0679. The third-order valence-electron chi connectivity index (χ3n) is 2.34. The predicted octanol–water partition coefficient (Wildman–Crippen LogP) is 1.00. The lowest BCUT2D eigenvalue weighted by atomic mass is 9.88. The molecule has 0 bridgehead atoms. The van der Waals surface area contributed by atoms with Crippen molar-refractivity contribution in [1.29, 1.82) is 0 Å². The Hall–Kier alpha value is -0.0800. The van der Waals surface area contributed by atoms with Crippen LogP contribution < -0.4 is 5.32 Å². The Kier molecular flexibility index (Phi) is 3.34. The molecule has 2 atom stereocenters. The fraction of sp³-hybridized carbons (Fsp3) is 1.00. The van der Waals surface area contributed by atoms with E-state index in [4.69, 9.17) is 0 Å². The lowest BCUT2D eigenvalue weighted by Gasteiger charge is -2.29. The number of aliphatic hydroxyl groups is 1. The van der Waals surface area contributed by atoms with Crippen molar-refractivity contribution in [2.45, 2.75) is 32.8 Å². The van der Waals surface area contributed by atoms with Gasteiger partial charge in [0.25, 0.3) is 0 Å². The Balaban J connectivity index is 2.29. The summed E-state index contributed by atoms with van der Waals surface area (Å²) in [5.74, 6) is 1.19. The maximum absolute atomic E-state index is 9.58. The second kappa shape index (κ2) is 4.07. The first kappa shape index (κ1) is 9.01. The van der Waals surface area contributed by atoms with E-state index < -0.39 is 0 Å². The number of hydrogen-bond acceptors (Lipinski definition) is 2. The normalized spacial score (nSPS) is 32.7. The van der Waals surface area contributed by atoms with E-state index in [-0.39, 0.29) is 6.10 Å². The first-order chi connectivity index (χ1) is 5.20. The first-order valence-electron chi connectivity index (χ1n) is 4.59. The molecule has 0 aromatic rings. The van der Waals surface area contributed by atoms with Crippen LogP contribution in [0.5, 0.6) is 0 Å². The van der Waals surface area contributed by atoms with Crippen LogP contribution in [0.1, 0.15) is 26.7 Å². The Morgan fingerprint density at radius 3 is 2.82 bits per heavy atom. The van der Waals surface area contributed by atoms with E-state index in [1.54, 1.807) is 0 Å². The monoisotopic (exact) mass is 157 g/mol. The molecule has 2 nitrogen and oxygen atoms in total. The summed E-state index contributed by atoms with van der Waals surface area (Å²) in [5, 5.41) is 12.9. The van der Waals surface area contributed by atoms with Gasteiger partial charge < -0.3 is 10.4 Å². The number of hydrogen-bond donors (Lipinski definition) is 2. The molecule has 0 spiro atoms. The standard InChI is InChI=1S/C9H19NO/c1-7(2)5-8-6-10-4-3-9(8)11/h7-11H,3-6H2,1-2H3. The molecule has 0 amide bonds. The maximum Gasteiger partial charge on any atom is 0.0592 e.